The second-order valence-corrected chi connectivity index (χ2v) is 7.35. The number of carboxylic acids is 1. The van der Waals surface area contributed by atoms with Gasteiger partial charge < -0.3 is 19.5 Å². The number of benzene rings is 1. The van der Waals surface area contributed by atoms with E-state index in [1.165, 1.54) is 29.2 Å². The molecule has 2 aromatic heterocycles. The number of hydrogen-bond acceptors (Lipinski definition) is 6. The normalized spacial score (nSPS) is 12.1. The van der Waals surface area contributed by atoms with E-state index in [-0.39, 0.29) is 29.1 Å². The maximum absolute atomic E-state index is 13.1. The van der Waals surface area contributed by atoms with Crippen LogP contribution >= 0.6 is 0 Å². The summed E-state index contributed by atoms with van der Waals surface area (Å²) >= 11 is 0. The first-order chi connectivity index (χ1) is 14.6. The second kappa shape index (κ2) is 8.13. The maximum atomic E-state index is 13.1. The molecule has 164 valence electrons. The Balaban J connectivity index is 2.29. The smallest absolute Gasteiger partial charge is 0.328 e. The maximum Gasteiger partial charge on any atom is 0.328 e. The van der Waals surface area contributed by atoms with Gasteiger partial charge in [-0.2, -0.15) is 0 Å². The van der Waals surface area contributed by atoms with E-state index in [4.69, 9.17) is 9.84 Å². The van der Waals surface area contributed by atoms with Crippen molar-refractivity contribution in [1.82, 2.24) is 13.7 Å². The molecule has 0 radical (unpaired) electrons. The van der Waals surface area contributed by atoms with Crippen molar-refractivity contribution in [3.8, 4) is 5.75 Å². The number of carbonyl (C=O) groups is 2. The van der Waals surface area contributed by atoms with Crippen molar-refractivity contribution in [2.24, 2.45) is 14.1 Å². The van der Waals surface area contributed by atoms with Crippen LogP contribution < -0.4 is 11.2 Å². The Labute approximate surface area is 176 Å². The van der Waals surface area contributed by atoms with Crippen LogP contribution in [0.2, 0.25) is 0 Å². The fourth-order valence-corrected chi connectivity index (χ4v) is 3.81. The molecule has 2 heterocycles. The summed E-state index contributed by atoms with van der Waals surface area (Å²) < 4.78 is 8.71. The number of aromatic nitrogens is 3. The Morgan fingerprint density at radius 1 is 1.10 bits per heavy atom. The lowest BCUT2D eigenvalue weighted by Gasteiger charge is -2.20. The number of carbonyl (C=O) groups excluding carboxylic acids is 1. The van der Waals surface area contributed by atoms with E-state index >= 15 is 0 Å². The third kappa shape index (κ3) is 3.83. The molecule has 1 atom stereocenters. The van der Waals surface area contributed by atoms with E-state index in [0.29, 0.717) is 16.6 Å². The van der Waals surface area contributed by atoms with Gasteiger partial charge in [-0.3, -0.25) is 23.5 Å². The number of nitrogens with zero attached hydrogens (tertiary/aromatic N) is 3. The lowest BCUT2D eigenvalue weighted by Crippen LogP contribution is -2.30. The van der Waals surface area contributed by atoms with Crippen LogP contribution in [0, 0.1) is 6.92 Å². The summed E-state index contributed by atoms with van der Waals surface area (Å²) in [5.74, 6) is -3.09. The van der Waals surface area contributed by atoms with Crippen molar-refractivity contribution in [1.29, 1.82) is 0 Å². The highest BCUT2D eigenvalue weighted by molar-refractivity contribution is 5.78. The Bertz CT molecular complexity index is 1310. The van der Waals surface area contributed by atoms with Gasteiger partial charge >= 0.3 is 17.6 Å². The van der Waals surface area contributed by atoms with E-state index in [9.17, 15) is 24.3 Å². The van der Waals surface area contributed by atoms with Gasteiger partial charge in [0, 0.05) is 25.7 Å². The molecule has 0 bridgehead atoms. The monoisotopic (exact) mass is 429 g/mol. The lowest BCUT2D eigenvalue weighted by atomic mass is 9.88. The van der Waals surface area contributed by atoms with Gasteiger partial charge in [0.1, 0.15) is 12.3 Å². The average Bonchev–Trinajstić information content (AvgIpc) is 2.93. The first kappa shape index (κ1) is 21.9. The summed E-state index contributed by atoms with van der Waals surface area (Å²) in [6.07, 6.45) is -0.262. The minimum atomic E-state index is -1.22. The van der Waals surface area contributed by atoms with Crippen molar-refractivity contribution < 1.29 is 24.5 Å². The number of imidazole rings is 1. The standard InChI is InChI=1S/C21H23N3O7/c1-11-7-16(25)19(20(29)24(11)10-17(26)27)13(9-18(28)31-4)12-5-6-14-15(8-12)23(3)21(30)22(14)2/h5-8,13,25H,9-10H2,1-4H3,(H,26,27)/t13-/m1/s1. The van der Waals surface area contributed by atoms with Crippen LogP contribution in [-0.2, 0) is 35.0 Å². The molecule has 0 unspecified atom stereocenters. The Kier molecular flexibility index (Phi) is 5.74. The summed E-state index contributed by atoms with van der Waals surface area (Å²) in [6.45, 7) is 0.921. The van der Waals surface area contributed by atoms with Crippen LogP contribution in [-0.4, -0.2) is 43.0 Å². The quantitative estimate of drug-likeness (QED) is 0.555. The number of aryl methyl sites for hydroxylation is 3. The van der Waals surface area contributed by atoms with Crippen molar-refractivity contribution >= 4 is 23.0 Å². The number of pyridine rings is 1. The summed E-state index contributed by atoms with van der Waals surface area (Å²) in [4.78, 5) is 48.8. The third-order valence-corrected chi connectivity index (χ3v) is 5.46. The molecule has 0 aliphatic rings. The number of esters is 1. The number of hydrogen-bond donors (Lipinski definition) is 2. The first-order valence-corrected chi connectivity index (χ1v) is 9.44. The van der Waals surface area contributed by atoms with Gasteiger partial charge in [0.2, 0.25) is 0 Å². The van der Waals surface area contributed by atoms with Gasteiger partial charge in [0.25, 0.3) is 5.56 Å². The molecule has 0 spiro atoms. The molecule has 3 aromatic rings. The fraction of sp³-hybridized carbons (Fsp3) is 0.333. The zero-order valence-electron chi connectivity index (χ0n) is 17.6. The summed E-state index contributed by atoms with van der Waals surface area (Å²) in [7, 11) is 4.45. The molecule has 31 heavy (non-hydrogen) atoms. The topological polar surface area (TPSA) is 133 Å². The molecule has 10 nitrogen and oxygen atoms in total. The predicted octanol–water partition coefficient (Wildman–Crippen LogP) is 0.832. The molecule has 1 aromatic carbocycles. The van der Waals surface area contributed by atoms with Gasteiger partial charge in [-0.1, -0.05) is 6.07 Å². The van der Waals surface area contributed by atoms with Gasteiger partial charge in [-0.05, 0) is 30.7 Å². The largest absolute Gasteiger partial charge is 0.507 e. The van der Waals surface area contributed by atoms with Gasteiger partial charge in [0.05, 0.1) is 30.1 Å². The van der Waals surface area contributed by atoms with Crippen molar-refractivity contribution in [2.45, 2.75) is 25.8 Å². The molecule has 0 aliphatic heterocycles. The van der Waals surface area contributed by atoms with Crippen LogP contribution in [0.5, 0.6) is 5.75 Å². The molecule has 0 saturated heterocycles. The van der Waals surface area contributed by atoms with Crippen molar-refractivity contribution in [2.75, 3.05) is 7.11 Å². The highest BCUT2D eigenvalue weighted by atomic mass is 16.5. The number of aromatic hydroxyl groups is 1. The Morgan fingerprint density at radius 2 is 1.74 bits per heavy atom. The van der Waals surface area contributed by atoms with Gasteiger partial charge in [-0.15, -0.1) is 0 Å². The summed E-state index contributed by atoms with van der Waals surface area (Å²) in [5.41, 5.74) is 0.942. The number of carboxylic acid groups (broad SMARTS) is 1. The molecule has 10 heteroatoms. The number of ether oxygens (including phenoxy) is 1. The molecular weight excluding hydrogens is 406 g/mol. The lowest BCUT2D eigenvalue weighted by molar-refractivity contribution is -0.141. The van der Waals surface area contributed by atoms with Crippen molar-refractivity contribution in [3.05, 3.63) is 61.9 Å². The second-order valence-electron chi connectivity index (χ2n) is 7.35. The van der Waals surface area contributed by atoms with Crippen LogP contribution in [0.1, 0.15) is 29.2 Å². The molecular formula is C21H23N3O7. The zero-order valence-corrected chi connectivity index (χ0v) is 17.6. The fourth-order valence-electron chi connectivity index (χ4n) is 3.81. The minimum absolute atomic E-state index is 0.113. The first-order valence-electron chi connectivity index (χ1n) is 9.44. The highest BCUT2D eigenvalue weighted by Gasteiger charge is 2.27. The molecule has 0 saturated carbocycles. The van der Waals surface area contributed by atoms with E-state index < -0.39 is 30.0 Å². The zero-order chi connectivity index (χ0) is 23.0. The number of rotatable bonds is 6. The SMILES string of the molecule is COC(=O)C[C@H](c1ccc2c(c1)n(C)c(=O)n2C)c1c(O)cc(C)n(CC(=O)O)c1=O. The highest BCUT2D eigenvalue weighted by Crippen LogP contribution is 2.33. The molecule has 0 amide bonds. The Hall–Kier alpha value is -3.82. The summed E-state index contributed by atoms with van der Waals surface area (Å²) in [6, 6.07) is 6.32. The van der Waals surface area contributed by atoms with Crippen LogP contribution in [0.15, 0.2) is 33.9 Å². The minimum Gasteiger partial charge on any atom is -0.507 e. The van der Waals surface area contributed by atoms with E-state index in [1.54, 1.807) is 32.3 Å². The third-order valence-electron chi connectivity index (χ3n) is 5.46. The van der Waals surface area contributed by atoms with Crippen LogP contribution in [0.4, 0.5) is 0 Å². The molecule has 0 aliphatic carbocycles. The molecule has 2 N–H and O–H groups in total. The van der Waals surface area contributed by atoms with E-state index in [2.05, 4.69) is 0 Å². The van der Waals surface area contributed by atoms with Crippen molar-refractivity contribution in [3.63, 3.8) is 0 Å². The summed E-state index contributed by atoms with van der Waals surface area (Å²) in [5, 5.41) is 19.8. The van der Waals surface area contributed by atoms with Gasteiger partial charge in [-0.25, -0.2) is 4.79 Å². The number of aliphatic carboxylic acids is 1. The van der Waals surface area contributed by atoms with E-state index in [0.717, 1.165) is 4.57 Å². The van der Waals surface area contributed by atoms with Gasteiger partial charge in [0.15, 0.2) is 0 Å². The van der Waals surface area contributed by atoms with Crippen LogP contribution in [0.25, 0.3) is 11.0 Å². The average molecular weight is 429 g/mol. The van der Waals surface area contributed by atoms with Crippen LogP contribution in [0.3, 0.4) is 0 Å². The molecule has 0 fully saturated rings. The number of fused-ring (bicyclic) bond motifs is 1. The Morgan fingerprint density at radius 3 is 2.35 bits per heavy atom. The van der Waals surface area contributed by atoms with E-state index in [1.807, 2.05) is 0 Å². The number of methoxy groups -OCH3 is 1. The molecule has 3 rings (SSSR count). The predicted molar refractivity (Wildman–Crippen MR) is 111 cm³/mol.